The monoisotopic (exact) mass is 415 g/mol. The summed E-state index contributed by atoms with van der Waals surface area (Å²) in [6.45, 7) is 3.95. The van der Waals surface area contributed by atoms with E-state index in [4.69, 9.17) is 16.3 Å². The number of nitrogens with one attached hydrogen (secondary N) is 2. The maximum absolute atomic E-state index is 12.5. The van der Waals surface area contributed by atoms with E-state index >= 15 is 0 Å². The second-order valence-electron chi connectivity index (χ2n) is 5.83. The Morgan fingerprint density at radius 1 is 1.14 bits per heavy atom. The van der Waals surface area contributed by atoms with Crippen LogP contribution in [0.1, 0.15) is 24.3 Å². The van der Waals surface area contributed by atoms with Gasteiger partial charge in [0.05, 0.1) is 17.3 Å². The van der Waals surface area contributed by atoms with Crippen LogP contribution < -0.4 is 15.4 Å². The Kier molecular flexibility index (Phi) is 6.28. The molecule has 144 valence electrons. The molecule has 1 heterocycles. The summed E-state index contributed by atoms with van der Waals surface area (Å²) in [5.41, 5.74) is 2.21. The van der Waals surface area contributed by atoms with Gasteiger partial charge in [-0.15, -0.1) is 11.3 Å². The van der Waals surface area contributed by atoms with Crippen molar-refractivity contribution in [3.63, 3.8) is 0 Å². The van der Waals surface area contributed by atoms with Crippen LogP contribution in [0.4, 0.5) is 11.4 Å². The van der Waals surface area contributed by atoms with Crippen molar-refractivity contribution in [1.82, 2.24) is 4.98 Å². The van der Waals surface area contributed by atoms with Gasteiger partial charge in [0.25, 0.3) is 5.91 Å². The molecule has 0 spiro atoms. The number of rotatable bonds is 6. The van der Waals surface area contributed by atoms with Gasteiger partial charge in [-0.3, -0.25) is 9.59 Å². The molecule has 0 aliphatic rings. The van der Waals surface area contributed by atoms with E-state index in [1.54, 1.807) is 23.6 Å². The molecule has 2 amide bonds. The molecule has 8 heteroatoms. The number of carbonyl (C=O) groups excluding carboxylic acids is 2. The Labute approximate surface area is 171 Å². The number of halogens is 1. The average molecular weight is 416 g/mol. The van der Waals surface area contributed by atoms with Crippen LogP contribution in [0, 0.1) is 0 Å². The number of amides is 2. The second kappa shape index (κ2) is 8.86. The van der Waals surface area contributed by atoms with E-state index in [1.165, 1.54) is 18.3 Å². The average Bonchev–Trinajstić information content (AvgIpc) is 3.15. The molecule has 0 atom stereocenters. The molecule has 3 aromatic rings. The fourth-order valence-electron chi connectivity index (χ4n) is 2.45. The number of carbonyl (C=O) groups is 2. The van der Waals surface area contributed by atoms with Gasteiger partial charge in [0.1, 0.15) is 16.5 Å². The third-order valence-corrected chi connectivity index (χ3v) is 4.89. The molecule has 2 N–H and O–H groups in total. The van der Waals surface area contributed by atoms with Crippen molar-refractivity contribution < 1.29 is 14.3 Å². The Bertz CT molecular complexity index is 1000. The van der Waals surface area contributed by atoms with Gasteiger partial charge in [-0.1, -0.05) is 11.6 Å². The van der Waals surface area contributed by atoms with Crippen molar-refractivity contribution in [2.24, 2.45) is 0 Å². The zero-order valence-corrected chi connectivity index (χ0v) is 16.9. The van der Waals surface area contributed by atoms with E-state index in [0.29, 0.717) is 28.7 Å². The molecule has 0 fully saturated rings. The van der Waals surface area contributed by atoms with Crippen LogP contribution in [0.15, 0.2) is 47.8 Å². The zero-order valence-electron chi connectivity index (χ0n) is 15.3. The second-order valence-corrected chi connectivity index (χ2v) is 7.09. The molecule has 0 saturated carbocycles. The molecule has 2 aromatic carbocycles. The molecule has 0 saturated heterocycles. The molecule has 0 aliphatic carbocycles. The lowest BCUT2D eigenvalue weighted by atomic mass is 10.2. The molecular weight excluding hydrogens is 398 g/mol. The van der Waals surface area contributed by atoms with Gasteiger partial charge in [-0.05, 0) is 49.4 Å². The Morgan fingerprint density at radius 2 is 1.89 bits per heavy atom. The number of anilines is 2. The lowest BCUT2D eigenvalue weighted by Crippen LogP contribution is -2.13. The number of hydrogen-bond donors (Lipinski definition) is 2. The third kappa shape index (κ3) is 4.88. The lowest BCUT2D eigenvalue weighted by molar-refractivity contribution is -0.114. The summed E-state index contributed by atoms with van der Waals surface area (Å²) >= 11 is 7.57. The van der Waals surface area contributed by atoms with Gasteiger partial charge < -0.3 is 15.4 Å². The molecule has 0 radical (unpaired) electrons. The topological polar surface area (TPSA) is 80.3 Å². The summed E-state index contributed by atoms with van der Waals surface area (Å²) in [6.07, 6.45) is 0. The molecule has 3 rings (SSSR count). The van der Waals surface area contributed by atoms with Crippen LogP contribution in [0.3, 0.4) is 0 Å². The highest BCUT2D eigenvalue weighted by Crippen LogP contribution is 2.28. The smallest absolute Gasteiger partial charge is 0.275 e. The summed E-state index contributed by atoms with van der Waals surface area (Å²) in [7, 11) is 0. The fourth-order valence-corrected chi connectivity index (χ4v) is 3.49. The minimum Gasteiger partial charge on any atom is -0.494 e. The van der Waals surface area contributed by atoms with Crippen molar-refractivity contribution in [1.29, 1.82) is 0 Å². The van der Waals surface area contributed by atoms with Gasteiger partial charge in [0.2, 0.25) is 5.91 Å². The first-order valence-electron chi connectivity index (χ1n) is 8.53. The normalized spacial score (nSPS) is 10.4. The van der Waals surface area contributed by atoms with Crippen LogP contribution in [0.25, 0.3) is 10.6 Å². The van der Waals surface area contributed by atoms with Crippen molar-refractivity contribution in [3.05, 3.63) is 58.6 Å². The standard InChI is InChI=1S/C20H18ClN3O3S/c1-3-27-15-7-4-13(5-8-15)20-24-18(11-28-20)19(26)23-17-9-6-14(10-16(17)21)22-12(2)25/h4-11H,3H2,1-2H3,(H,22,25)(H,23,26). The molecule has 0 bridgehead atoms. The Morgan fingerprint density at radius 3 is 2.54 bits per heavy atom. The van der Waals surface area contributed by atoms with Crippen LogP contribution in [-0.2, 0) is 4.79 Å². The molecule has 0 aliphatic heterocycles. The number of thiazole rings is 1. The molecule has 6 nitrogen and oxygen atoms in total. The largest absolute Gasteiger partial charge is 0.494 e. The van der Waals surface area contributed by atoms with Crippen LogP contribution >= 0.6 is 22.9 Å². The highest BCUT2D eigenvalue weighted by atomic mass is 35.5. The van der Waals surface area contributed by atoms with Gasteiger partial charge in [-0.2, -0.15) is 0 Å². The number of hydrogen-bond acceptors (Lipinski definition) is 5. The number of benzene rings is 2. The van der Waals surface area contributed by atoms with E-state index < -0.39 is 0 Å². The SMILES string of the molecule is CCOc1ccc(-c2nc(C(=O)Nc3ccc(NC(C)=O)cc3Cl)cs2)cc1. The summed E-state index contributed by atoms with van der Waals surface area (Å²) in [5, 5.41) is 8.13. The Balaban J connectivity index is 1.71. The van der Waals surface area contributed by atoms with E-state index in [1.807, 2.05) is 31.2 Å². The quantitative estimate of drug-likeness (QED) is 0.588. The maximum atomic E-state index is 12.5. The van der Waals surface area contributed by atoms with E-state index in [0.717, 1.165) is 16.3 Å². The molecule has 28 heavy (non-hydrogen) atoms. The predicted molar refractivity (Wildman–Crippen MR) is 112 cm³/mol. The first-order valence-corrected chi connectivity index (χ1v) is 9.79. The maximum Gasteiger partial charge on any atom is 0.275 e. The Hall–Kier alpha value is -2.90. The van der Waals surface area contributed by atoms with Gasteiger partial charge in [-0.25, -0.2) is 4.98 Å². The molecule has 1 aromatic heterocycles. The van der Waals surface area contributed by atoms with Crippen molar-refractivity contribution in [2.45, 2.75) is 13.8 Å². The highest BCUT2D eigenvalue weighted by Gasteiger charge is 2.14. The fraction of sp³-hybridized carbons (Fsp3) is 0.150. The summed E-state index contributed by atoms with van der Waals surface area (Å²) in [5.74, 6) is 0.234. The van der Waals surface area contributed by atoms with Crippen LogP contribution in [0.5, 0.6) is 5.75 Å². The van der Waals surface area contributed by atoms with E-state index in [-0.39, 0.29) is 11.8 Å². The predicted octanol–water partition coefficient (Wildman–Crippen LogP) is 5.07. The van der Waals surface area contributed by atoms with Gasteiger partial charge in [0, 0.05) is 23.6 Å². The van der Waals surface area contributed by atoms with Crippen LogP contribution in [0.2, 0.25) is 5.02 Å². The van der Waals surface area contributed by atoms with Gasteiger partial charge in [0.15, 0.2) is 0 Å². The summed E-state index contributed by atoms with van der Waals surface area (Å²) in [4.78, 5) is 28.0. The highest BCUT2D eigenvalue weighted by molar-refractivity contribution is 7.13. The minimum absolute atomic E-state index is 0.197. The van der Waals surface area contributed by atoms with E-state index in [9.17, 15) is 9.59 Å². The molecular formula is C20H18ClN3O3S. The van der Waals surface area contributed by atoms with Crippen molar-refractivity contribution >= 4 is 46.1 Å². The number of aromatic nitrogens is 1. The number of ether oxygens (including phenoxy) is 1. The zero-order chi connectivity index (χ0) is 20.1. The first-order chi connectivity index (χ1) is 13.5. The van der Waals surface area contributed by atoms with Crippen LogP contribution in [-0.4, -0.2) is 23.4 Å². The van der Waals surface area contributed by atoms with Gasteiger partial charge >= 0.3 is 0 Å². The first kappa shape index (κ1) is 19.9. The third-order valence-electron chi connectivity index (χ3n) is 3.69. The minimum atomic E-state index is -0.359. The van der Waals surface area contributed by atoms with Crippen molar-refractivity contribution in [3.8, 4) is 16.3 Å². The van der Waals surface area contributed by atoms with E-state index in [2.05, 4.69) is 15.6 Å². The number of nitrogens with zero attached hydrogens (tertiary/aromatic N) is 1. The summed E-state index contributed by atoms with van der Waals surface area (Å²) < 4.78 is 5.43. The van der Waals surface area contributed by atoms with Crippen molar-refractivity contribution in [2.75, 3.05) is 17.2 Å². The lowest BCUT2D eigenvalue weighted by Gasteiger charge is -2.08. The molecule has 0 unspecified atom stereocenters. The summed E-state index contributed by atoms with van der Waals surface area (Å²) in [6, 6.07) is 12.4.